The number of allylic oxidation sites excluding steroid dienone is 1. The maximum absolute atomic E-state index is 12.2. The molecule has 0 aliphatic heterocycles. The van der Waals surface area contributed by atoms with Crippen molar-refractivity contribution in [3.05, 3.63) is 33.0 Å². The van der Waals surface area contributed by atoms with Crippen LogP contribution in [0.1, 0.15) is 65.1 Å². The van der Waals surface area contributed by atoms with E-state index in [-0.39, 0.29) is 5.91 Å². The summed E-state index contributed by atoms with van der Waals surface area (Å²) in [7, 11) is 0. The summed E-state index contributed by atoms with van der Waals surface area (Å²) >= 11 is 1.70. The van der Waals surface area contributed by atoms with E-state index < -0.39 is 0 Å². The molecule has 1 N–H and O–H groups in total. The Morgan fingerprint density at radius 2 is 2.00 bits per heavy atom. The molecule has 3 heteroatoms. The van der Waals surface area contributed by atoms with Gasteiger partial charge in [0.2, 0.25) is 0 Å². The van der Waals surface area contributed by atoms with Crippen LogP contribution >= 0.6 is 11.3 Å². The van der Waals surface area contributed by atoms with Gasteiger partial charge in [-0.3, -0.25) is 4.79 Å². The van der Waals surface area contributed by atoms with Gasteiger partial charge in [0.25, 0.3) is 5.91 Å². The van der Waals surface area contributed by atoms with Crippen LogP contribution in [-0.2, 0) is 12.8 Å². The first kappa shape index (κ1) is 13.9. The normalized spacial score (nSPS) is 18.3. The summed E-state index contributed by atoms with van der Waals surface area (Å²) in [4.78, 5) is 14.5. The van der Waals surface area contributed by atoms with Crippen molar-refractivity contribution in [1.29, 1.82) is 0 Å². The van der Waals surface area contributed by atoms with Gasteiger partial charge in [0.05, 0.1) is 4.88 Å². The van der Waals surface area contributed by atoms with E-state index in [0.29, 0.717) is 0 Å². The van der Waals surface area contributed by atoms with Crippen molar-refractivity contribution < 1.29 is 4.79 Å². The first-order valence-electron chi connectivity index (χ1n) is 7.90. The van der Waals surface area contributed by atoms with Crippen LogP contribution in [0.15, 0.2) is 17.7 Å². The summed E-state index contributed by atoms with van der Waals surface area (Å²) in [6, 6.07) is 2.12. The summed E-state index contributed by atoms with van der Waals surface area (Å²) < 4.78 is 0. The van der Waals surface area contributed by atoms with Gasteiger partial charge in [-0.25, -0.2) is 0 Å². The predicted octanol–water partition coefficient (Wildman–Crippen LogP) is 4.25. The van der Waals surface area contributed by atoms with Crippen molar-refractivity contribution in [3.8, 4) is 0 Å². The van der Waals surface area contributed by atoms with Crippen LogP contribution < -0.4 is 5.32 Å². The molecule has 0 fully saturated rings. The molecule has 0 aromatic carbocycles. The quantitative estimate of drug-likeness (QED) is 0.825. The van der Waals surface area contributed by atoms with E-state index in [9.17, 15) is 4.79 Å². The van der Waals surface area contributed by atoms with Crippen LogP contribution in [0.4, 0.5) is 0 Å². The van der Waals surface area contributed by atoms with Crippen molar-refractivity contribution in [1.82, 2.24) is 5.32 Å². The fourth-order valence-corrected chi connectivity index (χ4v) is 4.33. The van der Waals surface area contributed by atoms with Crippen LogP contribution in [0.2, 0.25) is 0 Å². The Labute approximate surface area is 125 Å². The molecule has 1 aromatic rings. The third kappa shape index (κ3) is 3.32. The molecule has 0 saturated heterocycles. The number of hydrogen-bond acceptors (Lipinski definition) is 2. The van der Waals surface area contributed by atoms with E-state index in [1.54, 1.807) is 11.3 Å². The SMILES string of the molecule is O=C(NCCC1=CCCCC1)c1cc2c(s1)CCCC2. The highest BCUT2D eigenvalue weighted by atomic mass is 32.1. The smallest absolute Gasteiger partial charge is 0.261 e. The average molecular weight is 289 g/mol. The number of amides is 1. The molecule has 3 rings (SSSR count). The van der Waals surface area contributed by atoms with Crippen LogP contribution in [0.5, 0.6) is 0 Å². The maximum atomic E-state index is 12.2. The monoisotopic (exact) mass is 289 g/mol. The second-order valence-corrected chi connectivity index (χ2v) is 7.02. The Morgan fingerprint density at radius 3 is 2.80 bits per heavy atom. The number of aryl methyl sites for hydroxylation is 2. The summed E-state index contributed by atoms with van der Waals surface area (Å²) in [5.74, 6) is 0.126. The molecule has 0 atom stereocenters. The number of thiophene rings is 1. The first-order valence-corrected chi connectivity index (χ1v) is 8.72. The molecule has 2 nitrogen and oxygen atoms in total. The van der Waals surface area contributed by atoms with Crippen LogP contribution in [-0.4, -0.2) is 12.5 Å². The highest BCUT2D eigenvalue weighted by Gasteiger charge is 2.17. The number of carbonyl (C=O) groups excluding carboxylic acids is 1. The minimum Gasteiger partial charge on any atom is -0.351 e. The zero-order valence-corrected chi connectivity index (χ0v) is 12.9. The zero-order valence-electron chi connectivity index (χ0n) is 12.0. The molecule has 2 aliphatic carbocycles. The Kier molecular flexibility index (Phi) is 4.56. The lowest BCUT2D eigenvalue weighted by molar-refractivity contribution is 0.0958. The summed E-state index contributed by atoms with van der Waals surface area (Å²) in [5.41, 5.74) is 2.95. The molecule has 0 radical (unpaired) electrons. The number of nitrogens with one attached hydrogen (secondary N) is 1. The molecule has 1 heterocycles. The lowest BCUT2D eigenvalue weighted by Gasteiger charge is -2.12. The Morgan fingerprint density at radius 1 is 1.15 bits per heavy atom. The van der Waals surface area contributed by atoms with Gasteiger partial charge in [-0.2, -0.15) is 0 Å². The van der Waals surface area contributed by atoms with Crippen LogP contribution in [0, 0.1) is 0 Å². The summed E-state index contributed by atoms with van der Waals surface area (Å²) in [5, 5.41) is 3.09. The van der Waals surface area contributed by atoms with E-state index in [4.69, 9.17) is 0 Å². The molecule has 1 amide bonds. The molecular formula is C17H23NOS. The fourth-order valence-electron chi connectivity index (χ4n) is 3.16. The first-order chi connectivity index (χ1) is 9.83. The average Bonchev–Trinajstić information content (AvgIpc) is 2.92. The van der Waals surface area contributed by atoms with Crippen LogP contribution in [0.25, 0.3) is 0 Å². The molecular weight excluding hydrogens is 266 g/mol. The zero-order chi connectivity index (χ0) is 13.8. The van der Waals surface area contributed by atoms with Crippen molar-refractivity contribution in [2.75, 3.05) is 6.54 Å². The van der Waals surface area contributed by atoms with Gasteiger partial charge in [-0.15, -0.1) is 11.3 Å². The molecule has 1 aromatic heterocycles. The van der Waals surface area contributed by atoms with E-state index >= 15 is 0 Å². The topological polar surface area (TPSA) is 29.1 Å². The molecule has 108 valence electrons. The number of fused-ring (bicyclic) bond motifs is 1. The highest BCUT2D eigenvalue weighted by Crippen LogP contribution is 2.29. The number of hydrogen-bond donors (Lipinski definition) is 1. The highest BCUT2D eigenvalue weighted by molar-refractivity contribution is 7.14. The van der Waals surface area contributed by atoms with E-state index in [1.165, 1.54) is 61.0 Å². The Bertz CT molecular complexity index is 492. The second-order valence-electron chi connectivity index (χ2n) is 5.88. The largest absolute Gasteiger partial charge is 0.351 e. The predicted molar refractivity (Wildman–Crippen MR) is 84.5 cm³/mol. The molecule has 0 saturated carbocycles. The molecule has 20 heavy (non-hydrogen) atoms. The summed E-state index contributed by atoms with van der Waals surface area (Å²) in [6.07, 6.45) is 13.4. The maximum Gasteiger partial charge on any atom is 0.261 e. The van der Waals surface area contributed by atoms with Crippen molar-refractivity contribution in [2.24, 2.45) is 0 Å². The molecule has 2 aliphatic rings. The third-order valence-corrected chi connectivity index (χ3v) is 5.57. The molecule has 0 unspecified atom stereocenters. The van der Waals surface area contributed by atoms with Gasteiger partial charge < -0.3 is 5.32 Å². The van der Waals surface area contributed by atoms with Crippen molar-refractivity contribution in [2.45, 2.75) is 57.8 Å². The van der Waals surface area contributed by atoms with Crippen LogP contribution in [0.3, 0.4) is 0 Å². The van der Waals surface area contributed by atoms with Gasteiger partial charge in [0, 0.05) is 11.4 Å². The van der Waals surface area contributed by atoms with Crippen molar-refractivity contribution >= 4 is 17.2 Å². The minimum atomic E-state index is 0.126. The number of carbonyl (C=O) groups is 1. The van der Waals surface area contributed by atoms with Gasteiger partial charge in [0.15, 0.2) is 0 Å². The van der Waals surface area contributed by atoms with Gasteiger partial charge in [0.1, 0.15) is 0 Å². The third-order valence-electron chi connectivity index (χ3n) is 4.34. The Balaban J connectivity index is 1.51. The Hall–Kier alpha value is -1.09. The molecule has 0 bridgehead atoms. The van der Waals surface area contributed by atoms with E-state index in [0.717, 1.165) is 24.3 Å². The van der Waals surface area contributed by atoms with E-state index in [2.05, 4.69) is 17.5 Å². The van der Waals surface area contributed by atoms with Crippen molar-refractivity contribution in [3.63, 3.8) is 0 Å². The molecule has 0 spiro atoms. The van der Waals surface area contributed by atoms with E-state index in [1.807, 2.05) is 0 Å². The lowest BCUT2D eigenvalue weighted by atomic mass is 9.97. The van der Waals surface area contributed by atoms with Gasteiger partial charge >= 0.3 is 0 Å². The number of rotatable bonds is 4. The minimum absolute atomic E-state index is 0.126. The van der Waals surface area contributed by atoms with Gasteiger partial charge in [-0.05, 0) is 69.4 Å². The standard InChI is InChI=1S/C17H23NOS/c19-17(18-11-10-13-6-2-1-3-7-13)16-12-14-8-4-5-9-15(14)20-16/h6,12H,1-5,7-11H2,(H,18,19). The van der Waals surface area contributed by atoms with Gasteiger partial charge in [-0.1, -0.05) is 11.6 Å². The second kappa shape index (κ2) is 6.57. The lowest BCUT2D eigenvalue weighted by Crippen LogP contribution is -2.24. The summed E-state index contributed by atoms with van der Waals surface area (Å²) in [6.45, 7) is 0.785. The fraction of sp³-hybridized carbons (Fsp3) is 0.588.